The SMILES string of the molecule is CC(NC(=O)c1ccc(F)cc1F)c1cccc(NC(=O)c2ccccc2)c1. The average Bonchev–Trinajstić information content (AvgIpc) is 2.68. The van der Waals surface area contributed by atoms with E-state index in [9.17, 15) is 18.4 Å². The molecule has 0 bridgehead atoms. The predicted molar refractivity (Wildman–Crippen MR) is 103 cm³/mol. The van der Waals surface area contributed by atoms with E-state index >= 15 is 0 Å². The van der Waals surface area contributed by atoms with Crippen molar-refractivity contribution < 1.29 is 18.4 Å². The fourth-order valence-electron chi connectivity index (χ4n) is 2.71. The molecule has 0 saturated carbocycles. The lowest BCUT2D eigenvalue weighted by atomic mass is 10.1. The van der Waals surface area contributed by atoms with Crippen molar-refractivity contribution in [2.75, 3.05) is 5.32 Å². The Balaban J connectivity index is 1.70. The van der Waals surface area contributed by atoms with Gasteiger partial charge in [-0.15, -0.1) is 0 Å². The van der Waals surface area contributed by atoms with Crippen molar-refractivity contribution in [3.05, 3.63) is 101 Å². The summed E-state index contributed by atoms with van der Waals surface area (Å²) >= 11 is 0. The monoisotopic (exact) mass is 380 g/mol. The second-order valence-electron chi connectivity index (χ2n) is 6.26. The van der Waals surface area contributed by atoms with Crippen LogP contribution < -0.4 is 10.6 Å². The van der Waals surface area contributed by atoms with Gasteiger partial charge in [-0.2, -0.15) is 0 Å². The zero-order valence-corrected chi connectivity index (χ0v) is 15.1. The fourth-order valence-corrected chi connectivity index (χ4v) is 2.71. The van der Waals surface area contributed by atoms with Gasteiger partial charge < -0.3 is 10.6 Å². The number of carbonyl (C=O) groups excluding carboxylic acids is 2. The number of benzene rings is 3. The highest BCUT2D eigenvalue weighted by atomic mass is 19.1. The summed E-state index contributed by atoms with van der Waals surface area (Å²) in [6, 6.07) is 18.1. The van der Waals surface area contributed by atoms with Gasteiger partial charge in [0.25, 0.3) is 11.8 Å². The number of nitrogens with one attached hydrogen (secondary N) is 2. The average molecular weight is 380 g/mol. The normalized spacial score (nSPS) is 11.5. The summed E-state index contributed by atoms with van der Waals surface area (Å²) in [5.74, 6) is -2.57. The van der Waals surface area contributed by atoms with Gasteiger partial charge >= 0.3 is 0 Å². The van der Waals surface area contributed by atoms with Crippen LogP contribution in [0.25, 0.3) is 0 Å². The van der Waals surface area contributed by atoms with Crippen LogP contribution in [0.1, 0.15) is 39.2 Å². The lowest BCUT2D eigenvalue weighted by Gasteiger charge is -2.16. The molecular formula is C22H18F2N2O2. The number of anilines is 1. The third-order valence-electron chi connectivity index (χ3n) is 4.20. The maximum atomic E-state index is 13.8. The van der Waals surface area contributed by atoms with Crippen LogP contribution in [-0.2, 0) is 0 Å². The third-order valence-corrected chi connectivity index (χ3v) is 4.20. The van der Waals surface area contributed by atoms with Crippen molar-refractivity contribution in [2.45, 2.75) is 13.0 Å². The Labute approximate surface area is 161 Å². The van der Waals surface area contributed by atoms with Crippen LogP contribution in [0.3, 0.4) is 0 Å². The third kappa shape index (κ3) is 4.59. The van der Waals surface area contributed by atoms with Gasteiger partial charge in [0.2, 0.25) is 0 Å². The Morgan fingerprint density at radius 2 is 1.61 bits per heavy atom. The number of rotatable bonds is 5. The molecule has 2 N–H and O–H groups in total. The number of carbonyl (C=O) groups is 2. The Morgan fingerprint density at radius 1 is 0.857 bits per heavy atom. The molecule has 4 nitrogen and oxygen atoms in total. The molecule has 0 heterocycles. The molecule has 28 heavy (non-hydrogen) atoms. The van der Waals surface area contributed by atoms with Gasteiger partial charge in [-0.1, -0.05) is 30.3 Å². The summed E-state index contributed by atoms with van der Waals surface area (Å²) in [5, 5.41) is 5.47. The highest BCUT2D eigenvalue weighted by molar-refractivity contribution is 6.04. The smallest absolute Gasteiger partial charge is 0.255 e. The zero-order chi connectivity index (χ0) is 20.1. The maximum absolute atomic E-state index is 13.8. The first-order valence-electron chi connectivity index (χ1n) is 8.66. The fraction of sp³-hybridized carbons (Fsp3) is 0.0909. The molecule has 0 aromatic heterocycles. The van der Waals surface area contributed by atoms with Gasteiger partial charge in [-0.05, 0) is 48.9 Å². The highest BCUT2D eigenvalue weighted by Gasteiger charge is 2.16. The lowest BCUT2D eigenvalue weighted by molar-refractivity contribution is 0.0934. The van der Waals surface area contributed by atoms with Crippen molar-refractivity contribution in [3.63, 3.8) is 0 Å². The van der Waals surface area contributed by atoms with Gasteiger partial charge in [0.15, 0.2) is 0 Å². The first-order chi connectivity index (χ1) is 13.4. The Kier molecular flexibility index (Phi) is 5.79. The number of hydrogen-bond donors (Lipinski definition) is 2. The molecule has 0 spiro atoms. The predicted octanol–water partition coefficient (Wildman–Crippen LogP) is 4.71. The van der Waals surface area contributed by atoms with E-state index in [4.69, 9.17) is 0 Å². The second-order valence-corrected chi connectivity index (χ2v) is 6.26. The molecule has 1 unspecified atom stereocenters. The molecule has 2 amide bonds. The maximum Gasteiger partial charge on any atom is 0.255 e. The van der Waals surface area contributed by atoms with Crippen molar-refractivity contribution in [1.29, 1.82) is 0 Å². The van der Waals surface area contributed by atoms with Crippen LogP contribution in [-0.4, -0.2) is 11.8 Å². The van der Waals surface area contributed by atoms with Crippen molar-refractivity contribution in [1.82, 2.24) is 5.32 Å². The summed E-state index contributed by atoms with van der Waals surface area (Å²) in [7, 11) is 0. The number of halogens is 2. The van der Waals surface area contributed by atoms with E-state index in [0.717, 1.165) is 17.7 Å². The van der Waals surface area contributed by atoms with Crippen LogP contribution in [0.2, 0.25) is 0 Å². The Hall–Kier alpha value is -3.54. The first kappa shape index (κ1) is 19.2. The molecule has 3 rings (SSSR count). The summed E-state index contributed by atoms with van der Waals surface area (Å²) in [4.78, 5) is 24.5. The van der Waals surface area contributed by atoms with E-state index in [1.54, 1.807) is 55.5 Å². The number of amides is 2. The zero-order valence-electron chi connectivity index (χ0n) is 15.1. The standard InChI is InChI=1S/C22H18F2N2O2/c1-14(25-22(28)19-11-10-17(23)13-20(19)24)16-8-5-9-18(12-16)26-21(27)15-6-3-2-4-7-15/h2-14H,1H3,(H,25,28)(H,26,27). The summed E-state index contributed by atoms with van der Waals surface area (Å²) in [6.07, 6.45) is 0. The summed E-state index contributed by atoms with van der Waals surface area (Å²) in [6.45, 7) is 1.73. The molecule has 1 atom stereocenters. The molecule has 0 aliphatic carbocycles. The van der Waals surface area contributed by atoms with E-state index in [2.05, 4.69) is 10.6 Å². The molecule has 0 radical (unpaired) electrons. The van der Waals surface area contributed by atoms with E-state index in [-0.39, 0.29) is 11.5 Å². The highest BCUT2D eigenvalue weighted by Crippen LogP contribution is 2.19. The van der Waals surface area contributed by atoms with Crippen LogP contribution in [0, 0.1) is 11.6 Å². The Morgan fingerprint density at radius 3 is 2.32 bits per heavy atom. The molecule has 3 aromatic carbocycles. The molecular weight excluding hydrogens is 362 g/mol. The van der Waals surface area contributed by atoms with E-state index in [1.165, 1.54) is 0 Å². The number of hydrogen-bond acceptors (Lipinski definition) is 2. The second kappa shape index (κ2) is 8.43. The topological polar surface area (TPSA) is 58.2 Å². The largest absolute Gasteiger partial charge is 0.345 e. The molecule has 0 aliphatic heterocycles. The minimum atomic E-state index is -0.923. The van der Waals surface area contributed by atoms with Crippen molar-refractivity contribution in [3.8, 4) is 0 Å². The van der Waals surface area contributed by atoms with Crippen LogP contribution >= 0.6 is 0 Å². The van der Waals surface area contributed by atoms with Gasteiger partial charge in [0.1, 0.15) is 11.6 Å². The minimum absolute atomic E-state index is 0.234. The first-order valence-corrected chi connectivity index (χ1v) is 8.66. The molecule has 0 fully saturated rings. The van der Waals surface area contributed by atoms with E-state index in [1.807, 2.05) is 6.07 Å². The molecule has 3 aromatic rings. The van der Waals surface area contributed by atoms with Gasteiger partial charge in [0, 0.05) is 17.3 Å². The van der Waals surface area contributed by atoms with Gasteiger partial charge in [0.05, 0.1) is 11.6 Å². The molecule has 0 saturated heterocycles. The summed E-state index contributed by atoms with van der Waals surface area (Å²) < 4.78 is 26.8. The lowest BCUT2D eigenvalue weighted by Crippen LogP contribution is -2.27. The summed E-state index contributed by atoms with van der Waals surface area (Å²) in [5.41, 5.74) is 1.59. The quantitative estimate of drug-likeness (QED) is 0.674. The Bertz CT molecular complexity index is 1010. The van der Waals surface area contributed by atoms with Gasteiger partial charge in [-0.25, -0.2) is 8.78 Å². The van der Waals surface area contributed by atoms with Gasteiger partial charge in [-0.3, -0.25) is 9.59 Å². The van der Waals surface area contributed by atoms with Crippen molar-refractivity contribution >= 4 is 17.5 Å². The van der Waals surface area contributed by atoms with Crippen LogP contribution in [0.4, 0.5) is 14.5 Å². The van der Waals surface area contributed by atoms with Crippen molar-refractivity contribution in [2.24, 2.45) is 0 Å². The molecule has 0 aliphatic rings. The van der Waals surface area contributed by atoms with Crippen LogP contribution in [0.15, 0.2) is 72.8 Å². The van der Waals surface area contributed by atoms with E-state index < -0.39 is 23.6 Å². The molecule has 142 valence electrons. The van der Waals surface area contributed by atoms with Crippen LogP contribution in [0.5, 0.6) is 0 Å². The minimum Gasteiger partial charge on any atom is -0.345 e. The van der Waals surface area contributed by atoms with E-state index in [0.29, 0.717) is 17.3 Å². The molecule has 6 heteroatoms.